The number of aromatic nitrogens is 1. The Morgan fingerprint density at radius 1 is 1.09 bits per heavy atom. The Bertz CT molecular complexity index is 1230. The van der Waals surface area contributed by atoms with Gasteiger partial charge in [-0.3, -0.25) is 10.1 Å². The fourth-order valence-corrected chi connectivity index (χ4v) is 5.96. The average Bonchev–Trinajstić information content (AvgIpc) is 3.24. The summed E-state index contributed by atoms with van der Waals surface area (Å²) in [6, 6.07) is 12.3. The van der Waals surface area contributed by atoms with Crippen molar-refractivity contribution >= 4 is 32.4 Å². The third kappa shape index (κ3) is 4.77. The molecule has 1 amide bonds. The van der Waals surface area contributed by atoms with Gasteiger partial charge in [-0.05, 0) is 68.5 Å². The van der Waals surface area contributed by atoms with Gasteiger partial charge < -0.3 is 0 Å². The van der Waals surface area contributed by atoms with E-state index < -0.39 is 10.0 Å². The molecule has 0 aliphatic carbocycles. The molecule has 1 aliphatic rings. The van der Waals surface area contributed by atoms with Gasteiger partial charge in [0, 0.05) is 29.6 Å². The minimum atomic E-state index is -3.53. The second-order valence-corrected chi connectivity index (χ2v) is 11.2. The van der Waals surface area contributed by atoms with E-state index in [0.29, 0.717) is 29.7 Å². The first kappa shape index (κ1) is 22.6. The summed E-state index contributed by atoms with van der Waals surface area (Å²) in [5, 5.41) is 5.25. The Labute approximate surface area is 193 Å². The number of rotatable bonds is 5. The molecule has 1 saturated heterocycles. The van der Waals surface area contributed by atoms with Crippen LogP contribution in [0, 0.1) is 19.8 Å². The highest BCUT2D eigenvalue weighted by Gasteiger charge is 2.28. The first-order chi connectivity index (χ1) is 15.2. The molecule has 32 heavy (non-hydrogen) atoms. The van der Waals surface area contributed by atoms with E-state index in [9.17, 15) is 13.2 Å². The quantitative estimate of drug-likeness (QED) is 0.564. The number of thiazole rings is 1. The Morgan fingerprint density at radius 2 is 1.78 bits per heavy atom. The molecule has 8 heteroatoms. The lowest BCUT2D eigenvalue weighted by atomic mass is 10.0. The van der Waals surface area contributed by atoms with Gasteiger partial charge in [0.15, 0.2) is 5.13 Å². The van der Waals surface area contributed by atoms with Crippen molar-refractivity contribution in [3.8, 4) is 11.3 Å². The van der Waals surface area contributed by atoms with Crippen molar-refractivity contribution in [2.75, 3.05) is 18.4 Å². The zero-order valence-corrected chi connectivity index (χ0v) is 20.1. The van der Waals surface area contributed by atoms with E-state index in [1.165, 1.54) is 27.8 Å². The van der Waals surface area contributed by atoms with E-state index >= 15 is 0 Å². The molecule has 1 fully saturated rings. The SMILES string of the molecule is Cc1ccc(C)c(-c2csc(NC(=O)c3ccc(S(=O)(=O)N4CCC(C)CC4)cc3)n2)c1. The predicted molar refractivity (Wildman–Crippen MR) is 129 cm³/mol. The van der Waals surface area contributed by atoms with Crippen LogP contribution in [0.3, 0.4) is 0 Å². The summed E-state index contributed by atoms with van der Waals surface area (Å²) in [7, 11) is -3.53. The normalized spacial score (nSPS) is 15.6. The van der Waals surface area contributed by atoms with Crippen LogP contribution in [0.5, 0.6) is 0 Å². The van der Waals surface area contributed by atoms with Gasteiger partial charge in [0.1, 0.15) is 0 Å². The number of nitrogens with one attached hydrogen (secondary N) is 1. The molecule has 6 nitrogen and oxygen atoms in total. The van der Waals surface area contributed by atoms with Gasteiger partial charge in [-0.1, -0.05) is 24.6 Å². The van der Waals surface area contributed by atoms with Gasteiger partial charge in [0.05, 0.1) is 10.6 Å². The highest BCUT2D eigenvalue weighted by Crippen LogP contribution is 2.29. The number of sulfonamides is 1. The number of anilines is 1. The lowest BCUT2D eigenvalue weighted by Gasteiger charge is -2.29. The topological polar surface area (TPSA) is 79.4 Å². The highest BCUT2D eigenvalue weighted by molar-refractivity contribution is 7.89. The molecule has 0 bridgehead atoms. The Balaban J connectivity index is 1.46. The number of hydrogen-bond acceptors (Lipinski definition) is 5. The molecule has 0 spiro atoms. The van der Waals surface area contributed by atoms with Gasteiger partial charge in [0.25, 0.3) is 5.91 Å². The number of carbonyl (C=O) groups is 1. The summed E-state index contributed by atoms with van der Waals surface area (Å²) >= 11 is 1.36. The van der Waals surface area contributed by atoms with Crippen LogP contribution in [0.25, 0.3) is 11.3 Å². The molecule has 4 rings (SSSR count). The molecular formula is C24H27N3O3S2. The third-order valence-corrected chi connectivity index (χ3v) is 8.56. The number of carbonyl (C=O) groups excluding carboxylic acids is 1. The Morgan fingerprint density at radius 3 is 2.47 bits per heavy atom. The van der Waals surface area contributed by atoms with Crippen LogP contribution in [0.15, 0.2) is 52.7 Å². The number of nitrogens with zero attached hydrogens (tertiary/aromatic N) is 2. The van der Waals surface area contributed by atoms with Crippen LogP contribution >= 0.6 is 11.3 Å². The van der Waals surface area contributed by atoms with Crippen molar-refractivity contribution in [3.05, 3.63) is 64.5 Å². The van der Waals surface area contributed by atoms with Gasteiger partial charge in [-0.2, -0.15) is 4.31 Å². The second-order valence-electron chi connectivity index (χ2n) is 8.42. The standard InChI is InChI=1S/C24H27N3O3S2/c1-16-10-12-27(13-11-16)32(29,30)20-8-6-19(7-9-20)23(28)26-24-25-22(15-31-24)21-14-17(2)4-5-18(21)3/h4-9,14-16H,10-13H2,1-3H3,(H,25,26,28). The lowest BCUT2D eigenvalue weighted by molar-refractivity contribution is 0.102. The molecular weight excluding hydrogens is 442 g/mol. The van der Waals surface area contributed by atoms with Crippen LogP contribution in [-0.2, 0) is 10.0 Å². The van der Waals surface area contributed by atoms with E-state index in [0.717, 1.165) is 35.2 Å². The van der Waals surface area contributed by atoms with Crippen molar-refractivity contribution in [1.82, 2.24) is 9.29 Å². The second kappa shape index (κ2) is 9.13. The van der Waals surface area contributed by atoms with Gasteiger partial charge in [-0.25, -0.2) is 13.4 Å². The summed E-state index contributed by atoms with van der Waals surface area (Å²) in [5.41, 5.74) is 4.53. The molecule has 1 aliphatic heterocycles. The molecule has 3 aromatic rings. The number of amides is 1. The van der Waals surface area contributed by atoms with Crippen LogP contribution in [0.2, 0.25) is 0 Å². The van der Waals surface area contributed by atoms with E-state index in [4.69, 9.17) is 0 Å². The van der Waals surface area contributed by atoms with Crippen molar-refractivity contribution in [2.45, 2.75) is 38.5 Å². The monoisotopic (exact) mass is 469 g/mol. The maximum atomic E-state index is 12.9. The van der Waals surface area contributed by atoms with Crippen LogP contribution in [0.1, 0.15) is 41.3 Å². The number of hydrogen-bond donors (Lipinski definition) is 1. The first-order valence-corrected chi connectivity index (χ1v) is 13.0. The van der Waals surface area contributed by atoms with E-state index in [-0.39, 0.29) is 10.8 Å². The lowest BCUT2D eigenvalue weighted by Crippen LogP contribution is -2.37. The molecule has 2 heterocycles. The number of piperidine rings is 1. The summed E-state index contributed by atoms with van der Waals surface area (Å²) in [6.07, 6.45) is 1.75. The summed E-state index contributed by atoms with van der Waals surface area (Å²) < 4.78 is 27.3. The fraction of sp³-hybridized carbons (Fsp3) is 0.333. The summed E-state index contributed by atoms with van der Waals surface area (Å²) in [4.78, 5) is 17.4. The van der Waals surface area contributed by atoms with E-state index in [2.05, 4.69) is 35.4 Å². The van der Waals surface area contributed by atoms with E-state index in [1.54, 1.807) is 12.1 Å². The largest absolute Gasteiger partial charge is 0.298 e. The smallest absolute Gasteiger partial charge is 0.257 e. The van der Waals surface area contributed by atoms with Crippen LogP contribution in [0.4, 0.5) is 5.13 Å². The van der Waals surface area contributed by atoms with Crippen molar-refractivity contribution in [2.24, 2.45) is 5.92 Å². The first-order valence-electron chi connectivity index (χ1n) is 10.7. The van der Waals surface area contributed by atoms with Crippen LogP contribution < -0.4 is 5.32 Å². The minimum Gasteiger partial charge on any atom is -0.298 e. The molecule has 2 aromatic carbocycles. The highest BCUT2D eigenvalue weighted by atomic mass is 32.2. The molecule has 1 aromatic heterocycles. The zero-order chi connectivity index (χ0) is 22.9. The molecule has 0 unspecified atom stereocenters. The maximum absolute atomic E-state index is 12.9. The zero-order valence-electron chi connectivity index (χ0n) is 18.5. The third-order valence-electron chi connectivity index (χ3n) is 5.89. The van der Waals surface area contributed by atoms with Crippen molar-refractivity contribution in [1.29, 1.82) is 0 Å². The maximum Gasteiger partial charge on any atom is 0.257 e. The Kier molecular flexibility index (Phi) is 6.46. The molecule has 1 N–H and O–H groups in total. The molecule has 0 saturated carbocycles. The molecule has 0 atom stereocenters. The van der Waals surface area contributed by atoms with Crippen molar-refractivity contribution in [3.63, 3.8) is 0 Å². The molecule has 168 valence electrons. The van der Waals surface area contributed by atoms with E-state index in [1.807, 2.05) is 19.2 Å². The summed E-state index contributed by atoms with van der Waals surface area (Å²) in [5.74, 6) is 0.233. The van der Waals surface area contributed by atoms with Gasteiger partial charge in [0.2, 0.25) is 10.0 Å². The van der Waals surface area contributed by atoms with Gasteiger partial charge in [-0.15, -0.1) is 11.3 Å². The van der Waals surface area contributed by atoms with Crippen LogP contribution in [-0.4, -0.2) is 36.7 Å². The average molecular weight is 470 g/mol. The predicted octanol–water partition coefficient (Wildman–Crippen LogP) is 5.10. The van der Waals surface area contributed by atoms with Gasteiger partial charge >= 0.3 is 0 Å². The summed E-state index contributed by atoms with van der Waals surface area (Å²) in [6.45, 7) is 7.29. The Hall–Kier alpha value is -2.55. The fourth-order valence-electron chi connectivity index (χ4n) is 3.79. The molecule has 0 radical (unpaired) electrons. The minimum absolute atomic E-state index is 0.218. The van der Waals surface area contributed by atoms with Crippen molar-refractivity contribution < 1.29 is 13.2 Å². The number of benzene rings is 2. The number of aryl methyl sites for hydroxylation is 2.